The van der Waals surface area contributed by atoms with Crippen molar-refractivity contribution in [3.8, 4) is 23.6 Å². The van der Waals surface area contributed by atoms with Crippen molar-refractivity contribution in [1.29, 1.82) is 0 Å². The lowest BCUT2D eigenvalue weighted by molar-refractivity contribution is 0.282. The number of nitrogens with zero attached hydrogens (tertiary/aromatic N) is 4. The highest BCUT2D eigenvalue weighted by atomic mass is 32.2. The fourth-order valence-electron chi connectivity index (χ4n) is 3.89. The first-order chi connectivity index (χ1) is 17.7. The van der Waals surface area contributed by atoms with Gasteiger partial charge in [0.2, 0.25) is 11.8 Å². The van der Waals surface area contributed by atoms with Crippen LogP contribution in [0.15, 0.2) is 10.6 Å². The number of fused-ring (bicyclic) bond motifs is 1. The van der Waals surface area contributed by atoms with Gasteiger partial charge in [-0.25, -0.2) is 14.5 Å². The minimum Gasteiger partial charge on any atom is -0.476 e. The molecule has 0 N–H and O–H groups in total. The summed E-state index contributed by atoms with van der Waals surface area (Å²) in [4.78, 5) is 19.4. The van der Waals surface area contributed by atoms with E-state index in [0.717, 1.165) is 37.4 Å². The van der Waals surface area contributed by atoms with Gasteiger partial charge in [-0.2, -0.15) is 10.1 Å². The molecule has 0 amide bonds. The summed E-state index contributed by atoms with van der Waals surface area (Å²) in [7, 11) is 1.82. The minimum absolute atomic E-state index is 0.391. The molecule has 8 heteroatoms. The number of ether oxygens (including phenoxy) is 2. The van der Waals surface area contributed by atoms with Gasteiger partial charge in [-0.3, -0.25) is 0 Å². The molecule has 0 aliphatic heterocycles. The number of aryl methyl sites for hydroxylation is 1. The summed E-state index contributed by atoms with van der Waals surface area (Å²) in [5.41, 5.74) is 1.15. The summed E-state index contributed by atoms with van der Waals surface area (Å²) >= 11 is 1.09. The number of carbonyl (C=O) groups excluding carboxylic acids is 1. The third-order valence-corrected chi connectivity index (χ3v) is 6.39. The number of rotatable bonds is 19. The molecule has 0 unspecified atom stereocenters. The molecule has 2 rings (SSSR count). The Labute approximate surface area is 220 Å². The highest BCUT2D eigenvalue weighted by Crippen LogP contribution is 2.31. The number of aromatic nitrogens is 4. The van der Waals surface area contributed by atoms with Crippen molar-refractivity contribution in [3.05, 3.63) is 5.41 Å². The number of hydrogen-bond donors (Lipinski definition) is 0. The van der Waals surface area contributed by atoms with Crippen LogP contribution >= 0.6 is 11.8 Å². The first-order valence-electron chi connectivity index (χ1n) is 13.5. The fourth-order valence-corrected chi connectivity index (χ4v) is 4.33. The summed E-state index contributed by atoms with van der Waals surface area (Å²) in [6.07, 6.45) is 17.1. The molecule has 0 saturated heterocycles. The van der Waals surface area contributed by atoms with Crippen LogP contribution in [0.2, 0.25) is 0 Å². The van der Waals surface area contributed by atoms with Crippen molar-refractivity contribution in [2.45, 2.75) is 109 Å². The van der Waals surface area contributed by atoms with Gasteiger partial charge in [0, 0.05) is 19.9 Å². The van der Waals surface area contributed by atoms with E-state index in [9.17, 15) is 4.79 Å². The van der Waals surface area contributed by atoms with Crippen LogP contribution in [0.1, 0.15) is 104 Å². The normalized spacial score (nSPS) is 10.6. The van der Waals surface area contributed by atoms with Crippen LogP contribution in [0.3, 0.4) is 0 Å². The molecule has 0 aliphatic carbocycles. The Hall–Kier alpha value is -2.49. The average molecular weight is 515 g/mol. The van der Waals surface area contributed by atoms with Crippen molar-refractivity contribution < 1.29 is 14.3 Å². The minimum atomic E-state index is 0.391. The zero-order valence-corrected chi connectivity index (χ0v) is 23.1. The number of unbranched alkanes of at least 4 members (excludes halogenated alkanes) is 12. The van der Waals surface area contributed by atoms with Crippen LogP contribution in [0.5, 0.6) is 11.8 Å². The molecule has 0 saturated carbocycles. The standard InChI is InChI=1S/C28H42N4O3S/c1-4-6-7-8-9-10-11-12-13-14-15-16-17-18-19-20-22-35-27-25-24(31-32(27)3)26(34-5-2)30-28(29-25)36-23-21-33/h23H,4-11,14-20,22H2,1-3H3. The highest BCUT2D eigenvalue weighted by Gasteiger charge is 2.19. The van der Waals surface area contributed by atoms with Crippen molar-refractivity contribution >= 4 is 28.7 Å². The summed E-state index contributed by atoms with van der Waals surface area (Å²) in [6.45, 7) is 5.20. The second-order valence-electron chi connectivity index (χ2n) is 8.81. The lowest BCUT2D eigenvalue weighted by Gasteiger charge is -2.07. The van der Waals surface area contributed by atoms with Crippen LogP contribution in [0.4, 0.5) is 0 Å². The van der Waals surface area contributed by atoms with Crippen LogP contribution in [-0.2, 0) is 11.8 Å². The summed E-state index contributed by atoms with van der Waals surface area (Å²) < 4.78 is 13.3. The molecular formula is C28H42N4O3S. The lowest BCUT2D eigenvalue weighted by atomic mass is 10.1. The Morgan fingerprint density at radius 1 is 0.833 bits per heavy atom. The maximum atomic E-state index is 10.6. The average Bonchev–Trinajstić information content (AvgIpc) is 3.20. The van der Waals surface area contributed by atoms with Crippen molar-refractivity contribution in [2.24, 2.45) is 7.05 Å². The Morgan fingerprint density at radius 2 is 1.47 bits per heavy atom. The third kappa shape index (κ3) is 11.1. The Kier molecular flexibility index (Phi) is 15.5. The van der Waals surface area contributed by atoms with E-state index in [2.05, 4.69) is 33.8 Å². The Bertz CT molecular complexity index is 1010. The number of thioether (sulfide) groups is 1. The van der Waals surface area contributed by atoms with Gasteiger partial charge >= 0.3 is 0 Å². The molecule has 0 spiro atoms. The predicted molar refractivity (Wildman–Crippen MR) is 147 cm³/mol. The molecule has 36 heavy (non-hydrogen) atoms. The largest absolute Gasteiger partial charge is 0.476 e. The van der Waals surface area contributed by atoms with Crippen molar-refractivity contribution in [3.63, 3.8) is 0 Å². The smallest absolute Gasteiger partial charge is 0.246 e. The maximum Gasteiger partial charge on any atom is 0.246 e. The molecule has 2 heterocycles. The summed E-state index contributed by atoms with van der Waals surface area (Å²) in [6, 6.07) is 0. The zero-order valence-electron chi connectivity index (χ0n) is 22.3. The molecule has 198 valence electrons. The van der Waals surface area contributed by atoms with Gasteiger partial charge in [0.25, 0.3) is 0 Å². The van der Waals surface area contributed by atoms with E-state index in [1.807, 2.05) is 14.0 Å². The van der Waals surface area contributed by atoms with Gasteiger partial charge in [-0.15, -0.1) is 11.8 Å². The molecule has 0 bridgehead atoms. The van der Waals surface area contributed by atoms with Gasteiger partial charge < -0.3 is 9.47 Å². The van der Waals surface area contributed by atoms with Gasteiger partial charge in [0.15, 0.2) is 16.2 Å². The number of hydrogen-bond acceptors (Lipinski definition) is 7. The van der Waals surface area contributed by atoms with E-state index in [-0.39, 0.29) is 0 Å². The zero-order chi connectivity index (χ0) is 25.8. The molecule has 7 nitrogen and oxygen atoms in total. The monoisotopic (exact) mass is 514 g/mol. The van der Waals surface area contributed by atoms with Crippen molar-refractivity contribution in [2.75, 3.05) is 13.2 Å². The van der Waals surface area contributed by atoms with Gasteiger partial charge in [-0.05, 0) is 37.9 Å². The third-order valence-electron chi connectivity index (χ3n) is 5.79. The maximum absolute atomic E-state index is 10.6. The van der Waals surface area contributed by atoms with E-state index in [4.69, 9.17) is 9.47 Å². The van der Waals surface area contributed by atoms with Crippen LogP contribution in [0, 0.1) is 11.8 Å². The van der Waals surface area contributed by atoms with E-state index in [1.54, 1.807) is 10.6 Å². The van der Waals surface area contributed by atoms with Gasteiger partial charge in [-0.1, -0.05) is 64.7 Å². The SMILES string of the molecule is CCCCCCCCC#CCCCCCCCCOc1c2nc(SC=C=O)nc(OCC)c2nn1C. The molecule has 2 aromatic rings. The molecule has 0 aromatic carbocycles. The summed E-state index contributed by atoms with van der Waals surface area (Å²) in [5.74, 6) is 9.39. The first-order valence-corrected chi connectivity index (χ1v) is 14.4. The second-order valence-corrected chi connectivity index (χ2v) is 9.65. The lowest BCUT2D eigenvalue weighted by Crippen LogP contribution is -2.03. The highest BCUT2D eigenvalue weighted by molar-refractivity contribution is 8.02. The molecule has 0 fully saturated rings. The van der Waals surface area contributed by atoms with E-state index in [0.29, 0.717) is 41.2 Å². The molecule has 0 radical (unpaired) electrons. The van der Waals surface area contributed by atoms with E-state index < -0.39 is 0 Å². The Morgan fingerprint density at radius 3 is 2.11 bits per heavy atom. The molecule has 0 aliphatic rings. The molecule has 2 aromatic heterocycles. The second kappa shape index (κ2) is 18.7. The van der Waals surface area contributed by atoms with Crippen LogP contribution in [0.25, 0.3) is 11.0 Å². The van der Waals surface area contributed by atoms with Gasteiger partial charge in [0.05, 0.1) is 18.6 Å². The Balaban J connectivity index is 1.63. The quantitative estimate of drug-likeness (QED) is 0.0652. The predicted octanol–water partition coefficient (Wildman–Crippen LogP) is 7.06. The van der Waals surface area contributed by atoms with Crippen LogP contribution < -0.4 is 9.47 Å². The molecular weight excluding hydrogens is 472 g/mol. The van der Waals surface area contributed by atoms with E-state index in [1.165, 1.54) is 69.6 Å². The topological polar surface area (TPSA) is 79.1 Å². The van der Waals surface area contributed by atoms with E-state index >= 15 is 0 Å². The summed E-state index contributed by atoms with van der Waals surface area (Å²) in [5, 5.41) is 6.16. The van der Waals surface area contributed by atoms with Crippen LogP contribution in [-0.4, -0.2) is 38.9 Å². The fraction of sp³-hybridized carbons (Fsp3) is 0.679. The first kappa shape index (κ1) is 29.7. The molecule has 0 atom stereocenters. The van der Waals surface area contributed by atoms with Crippen molar-refractivity contribution in [1.82, 2.24) is 19.7 Å². The van der Waals surface area contributed by atoms with Gasteiger partial charge in [0.1, 0.15) is 5.94 Å².